The van der Waals surface area contributed by atoms with Crippen molar-refractivity contribution in [3.05, 3.63) is 42.0 Å². The van der Waals surface area contributed by atoms with Crippen molar-refractivity contribution in [1.82, 2.24) is 19.9 Å². The van der Waals surface area contributed by atoms with Crippen molar-refractivity contribution in [2.24, 2.45) is 0 Å². The van der Waals surface area contributed by atoms with Gasteiger partial charge in [-0.2, -0.15) is 9.97 Å². The van der Waals surface area contributed by atoms with Crippen molar-refractivity contribution < 1.29 is 14.6 Å². The Balaban J connectivity index is 1.34. The van der Waals surface area contributed by atoms with Crippen LogP contribution in [0.25, 0.3) is 22.3 Å². The molecule has 3 atom stereocenters. The molecule has 0 radical (unpaired) electrons. The van der Waals surface area contributed by atoms with E-state index in [9.17, 15) is 5.11 Å². The molecule has 0 saturated carbocycles. The molecular formula is C28H36N6O3. The quantitative estimate of drug-likeness (QED) is 0.564. The van der Waals surface area contributed by atoms with Gasteiger partial charge in [-0.15, -0.1) is 0 Å². The van der Waals surface area contributed by atoms with Crippen LogP contribution in [0.4, 0.5) is 11.8 Å². The Kier molecular flexibility index (Phi) is 6.94. The standard InChI is InChI=1S/C28H36N6O3/c1-19-17-36-13-11-33(19)27-24-7-8-25(22-5-3-21(4-6-22)15-32-10-9-23(35)16-32)29-26(24)30-28(31-27)34-12-14-37-18-20(34)2/h3-8,19-20,23,35H,9-18H2,1-2H3/t19-,20-,23+/m0/s1. The minimum Gasteiger partial charge on any atom is -0.392 e. The highest BCUT2D eigenvalue weighted by Gasteiger charge is 2.27. The lowest BCUT2D eigenvalue weighted by Gasteiger charge is -2.37. The Hall–Kier alpha value is -2.85. The van der Waals surface area contributed by atoms with Crippen LogP contribution >= 0.6 is 0 Å². The number of anilines is 2. The minimum absolute atomic E-state index is 0.196. The summed E-state index contributed by atoms with van der Waals surface area (Å²) < 4.78 is 11.4. The zero-order valence-corrected chi connectivity index (χ0v) is 21.7. The topological polar surface area (TPSA) is 87.1 Å². The van der Waals surface area contributed by atoms with Gasteiger partial charge in [-0.25, -0.2) is 4.98 Å². The number of benzene rings is 1. The number of likely N-dealkylation sites (tertiary alicyclic amines) is 1. The van der Waals surface area contributed by atoms with Crippen LogP contribution in [0.15, 0.2) is 36.4 Å². The third kappa shape index (κ3) is 5.13. The van der Waals surface area contributed by atoms with Crippen LogP contribution in [0.2, 0.25) is 0 Å². The molecule has 1 aromatic carbocycles. The average Bonchev–Trinajstić information content (AvgIpc) is 3.33. The summed E-state index contributed by atoms with van der Waals surface area (Å²) in [6.45, 7) is 11.2. The van der Waals surface area contributed by atoms with Crippen molar-refractivity contribution in [3.8, 4) is 11.3 Å². The van der Waals surface area contributed by atoms with E-state index in [0.29, 0.717) is 38.0 Å². The molecule has 5 heterocycles. The van der Waals surface area contributed by atoms with E-state index in [1.54, 1.807) is 0 Å². The number of nitrogens with zero attached hydrogens (tertiary/aromatic N) is 6. The van der Waals surface area contributed by atoms with Gasteiger partial charge < -0.3 is 24.4 Å². The molecule has 3 aliphatic rings. The number of aromatic nitrogens is 3. The molecule has 3 fully saturated rings. The largest absolute Gasteiger partial charge is 0.392 e. The van der Waals surface area contributed by atoms with E-state index in [0.717, 1.165) is 61.6 Å². The highest BCUT2D eigenvalue weighted by Crippen LogP contribution is 2.31. The summed E-state index contributed by atoms with van der Waals surface area (Å²) in [5.74, 6) is 1.64. The summed E-state index contributed by atoms with van der Waals surface area (Å²) in [4.78, 5) is 22.0. The van der Waals surface area contributed by atoms with Crippen LogP contribution < -0.4 is 9.80 Å². The fraction of sp³-hybridized carbons (Fsp3) is 0.536. The van der Waals surface area contributed by atoms with Crippen molar-refractivity contribution in [3.63, 3.8) is 0 Å². The molecule has 3 saturated heterocycles. The molecule has 196 valence electrons. The average molecular weight is 505 g/mol. The Morgan fingerprint density at radius 2 is 1.59 bits per heavy atom. The first-order valence-electron chi connectivity index (χ1n) is 13.4. The first kappa shape index (κ1) is 24.5. The molecule has 9 nitrogen and oxygen atoms in total. The first-order chi connectivity index (χ1) is 18.0. The van der Waals surface area contributed by atoms with E-state index >= 15 is 0 Å². The molecule has 2 aromatic heterocycles. The van der Waals surface area contributed by atoms with Crippen molar-refractivity contribution >= 4 is 22.8 Å². The second-order valence-electron chi connectivity index (χ2n) is 10.5. The van der Waals surface area contributed by atoms with E-state index < -0.39 is 0 Å². The summed E-state index contributed by atoms with van der Waals surface area (Å²) in [5.41, 5.74) is 3.92. The lowest BCUT2D eigenvalue weighted by atomic mass is 10.1. The monoisotopic (exact) mass is 504 g/mol. The van der Waals surface area contributed by atoms with E-state index in [1.807, 2.05) is 0 Å². The molecule has 1 N–H and O–H groups in total. The number of hydrogen-bond acceptors (Lipinski definition) is 9. The normalized spacial score (nSPS) is 25.2. The fourth-order valence-corrected chi connectivity index (χ4v) is 5.55. The van der Waals surface area contributed by atoms with Crippen molar-refractivity contribution in [1.29, 1.82) is 0 Å². The van der Waals surface area contributed by atoms with Crippen molar-refractivity contribution in [2.45, 2.75) is 45.0 Å². The lowest BCUT2D eigenvalue weighted by Crippen LogP contribution is -2.46. The second kappa shape index (κ2) is 10.5. The molecule has 0 unspecified atom stereocenters. The Bertz CT molecular complexity index is 1240. The predicted octanol–water partition coefficient (Wildman–Crippen LogP) is 2.71. The van der Waals surface area contributed by atoms with Crippen LogP contribution in [0.3, 0.4) is 0 Å². The Labute approximate surface area is 218 Å². The zero-order chi connectivity index (χ0) is 25.4. The number of fused-ring (bicyclic) bond motifs is 1. The summed E-state index contributed by atoms with van der Waals surface area (Å²) >= 11 is 0. The number of β-amino-alcohol motifs (C(OH)–C–C–N with tert-alkyl or cyclic N) is 1. The molecule has 6 rings (SSSR count). The van der Waals surface area contributed by atoms with Gasteiger partial charge in [0.2, 0.25) is 5.95 Å². The minimum atomic E-state index is -0.196. The van der Waals surface area contributed by atoms with Gasteiger partial charge in [-0.3, -0.25) is 4.90 Å². The maximum Gasteiger partial charge on any atom is 0.229 e. The summed E-state index contributed by atoms with van der Waals surface area (Å²) in [6, 6.07) is 13.2. The molecule has 9 heteroatoms. The van der Waals surface area contributed by atoms with Crippen LogP contribution in [-0.2, 0) is 16.0 Å². The zero-order valence-electron chi connectivity index (χ0n) is 21.7. The van der Waals surface area contributed by atoms with E-state index in [4.69, 9.17) is 24.4 Å². The molecule has 3 aromatic rings. The summed E-state index contributed by atoms with van der Waals surface area (Å²) in [6.07, 6.45) is 0.663. The highest BCUT2D eigenvalue weighted by molar-refractivity contribution is 5.90. The number of pyridine rings is 1. The first-order valence-corrected chi connectivity index (χ1v) is 13.4. The van der Waals surface area contributed by atoms with Gasteiger partial charge in [0.25, 0.3) is 0 Å². The lowest BCUT2D eigenvalue weighted by molar-refractivity contribution is 0.0973. The SMILES string of the molecule is C[C@H]1COCCN1c1nc(N2CCOC[C@@H]2C)c2ccc(-c3ccc(CN4CC[C@@H](O)C4)cc3)nc2n1. The molecule has 0 bridgehead atoms. The number of morpholine rings is 2. The molecule has 0 amide bonds. The van der Waals surface area contributed by atoms with Gasteiger partial charge in [-0.05, 0) is 38.0 Å². The van der Waals surface area contributed by atoms with E-state index in [-0.39, 0.29) is 18.2 Å². The van der Waals surface area contributed by atoms with Gasteiger partial charge in [0.05, 0.1) is 55.7 Å². The predicted molar refractivity (Wildman–Crippen MR) is 144 cm³/mol. The number of aliphatic hydroxyl groups excluding tert-OH is 1. The van der Waals surface area contributed by atoms with Crippen molar-refractivity contribution in [2.75, 3.05) is 62.4 Å². The van der Waals surface area contributed by atoms with Gasteiger partial charge in [0.15, 0.2) is 5.65 Å². The summed E-state index contributed by atoms with van der Waals surface area (Å²) in [7, 11) is 0. The van der Waals surface area contributed by atoms with E-state index in [1.165, 1.54) is 5.56 Å². The maximum absolute atomic E-state index is 9.81. The molecule has 37 heavy (non-hydrogen) atoms. The Morgan fingerprint density at radius 3 is 2.27 bits per heavy atom. The van der Waals surface area contributed by atoms with E-state index in [2.05, 4.69) is 64.9 Å². The van der Waals surface area contributed by atoms with Crippen LogP contribution in [0.5, 0.6) is 0 Å². The number of hydrogen-bond donors (Lipinski definition) is 1. The number of aliphatic hydroxyl groups is 1. The van der Waals surface area contributed by atoms with Gasteiger partial charge in [-0.1, -0.05) is 24.3 Å². The third-order valence-electron chi connectivity index (χ3n) is 7.70. The number of ether oxygens (including phenoxy) is 2. The van der Waals surface area contributed by atoms with Crippen LogP contribution in [0, 0.1) is 0 Å². The van der Waals surface area contributed by atoms with Gasteiger partial charge >= 0.3 is 0 Å². The van der Waals surface area contributed by atoms with Crippen LogP contribution in [-0.4, -0.2) is 95.8 Å². The third-order valence-corrected chi connectivity index (χ3v) is 7.70. The molecule has 0 aliphatic carbocycles. The second-order valence-corrected chi connectivity index (χ2v) is 10.5. The van der Waals surface area contributed by atoms with Gasteiger partial charge in [0, 0.05) is 38.3 Å². The maximum atomic E-state index is 9.81. The van der Waals surface area contributed by atoms with Gasteiger partial charge in [0.1, 0.15) is 5.82 Å². The molecule has 3 aliphatic heterocycles. The van der Waals surface area contributed by atoms with Crippen LogP contribution in [0.1, 0.15) is 25.8 Å². The smallest absolute Gasteiger partial charge is 0.229 e. The fourth-order valence-electron chi connectivity index (χ4n) is 5.55. The molecular weight excluding hydrogens is 468 g/mol. The number of rotatable bonds is 5. The Morgan fingerprint density at radius 1 is 0.865 bits per heavy atom. The summed E-state index contributed by atoms with van der Waals surface area (Å²) in [5, 5.41) is 10.8. The molecule has 0 spiro atoms. The highest BCUT2D eigenvalue weighted by atomic mass is 16.5.